The van der Waals surface area contributed by atoms with Crippen LogP contribution in [0.4, 0.5) is 0 Å². The Morgan fingerprint density at radius 3 is 2.64 bits per heavy atom. The first-order chi connectivity index (χ1) is 6.74. The highest BCUT2D eigenvalue weighted by molar-refractivity contribution is 7.88. The molecule has 0 aliphatic heterocycles. The Labute approximate surface area is 87.6 Å². The lowest BCUT2D eigenvalue weighted by molar-refractivity contribution is 0.688. The van der Waals surface area contributed by atoms with E-state index < -0.39 is 10.8 Å². The van der Waals surface area contributed by atoms with E-state index in [1.807, 2.05) is 37.3 Å². The van der Waals surface area contributed by atoms with Crippen molar-refractivity contribution in [2.75, 3.05) is 0 Å². The summed E-state index contributed by atoms with van der Waals surface area (Å²) in [6.45, 7) is 4.04. The van der Waals surface area contributed by atoms with Gasteiger partial charge in [0.1, 0.15) is 0 Å². The molecule has 0 aliphatic rings. The molecule has 0 aromatic heterocycles. The van der Waals surface area contributed by atoms with Gasteiger partial charge in [-0.3, -0.25) is 0 Å². The maximum atomic E-state index is 11.6. The summed E-state index contributed by atoms with van der Waals surface area (Å²) in [7, 11) is -1.06. The lowest BCUT2D eigenvalue weighted by atomic mass is 10.3. The van der Waals surface area contributed by atoms with Crippen molar-refractivity contribution in [2.45, 2.75) is 25.2 Å². The van der Waals surface area contributed by atoms with Crippen LogP contribution in [0.2, 0.25) is 0 Å². The molecular formula is C12H14OS. The summed E-state index contributed by atoms with van der Waals surface area (Å²) < 4.78 is 11.6. The maximum absolute atomic E-state index is 11.6. The summed E-state index contributed by atoms with van der Waals surface area (Å²) in [6, 6.07) is 9.40. The topological polar surface area (TPSA) is 17.1 Å². The molecule has 0 radical (unpaired) electrons. The zero-order valence-electron chi connectivity index (χ0n) is 8.49. The van der Waals surface area contributed by atoms with Gasteiger partial charge >= 0.3 is 0 Å². The zero-order valence-corrected chi connectivity index (χ0v) is 9.30. The van der Waals surface area contributed by atoms with Crippen molar-refractivity contribution in [3.05, 3.63) is 47.0 Å². The number of allylic oxidation sites excluding steroid dienone is 1. The van der Waals surface area contributed by atoms with Gasteiger partial charge in [0.2, 0.25) is 0 Å². The van der Waals surface area contributed by atoms with E-state index in [9.17, 15) is 4.21 Å². The Hall–Kier alpha value is -1.11. The molecule has 1 aromatic rings. The minimum Gasteiger partial charge on any atom is -0.249 e. The van der Waals surface area contributed by atoms with E-state index >= 15 is 0 Å². The monoisotopic (exact) mass is 206 g/mol. The number of rotatable bonds is 3. The van der Waals surface area contributed by atoms with Gasteiger partial charge in [-0.15, -0.1) is 5.73 Å². The van der Waals surface area contributed by atoms with Gasteiger partial charge in [0.15, 0.2) is 0 Å². The minimum atomic E-state index is -1.06. The highest BCUT2D eigenvalue weighted by Crippen LogP contribution is 2.06. The van der Waals surface area contributed by atoms with Crippen LogP contribution in [0.5, 0.6) is 0 Å². The van der Waals surface area contributed by atoms with Crippen LogP contribution in [0.15, 0.2) is 51.9 Å². The van der Waals surface area contributed by atoms with E-state index in [1.165, 1.54) is 0 Å². The average Bonchev–Trinajstić information content (AvgIpc) is 2.26. The normalized spacial score (nSPS) is 11.6. The lowest BCUT2D eigenvalue weighted by Gasteiger charge is -1.93. The predicted molar refractivity (Wildman–Crippen MR) is 60.4 cm³/mol. The summed E-state index contributed by atoms with van der Waals surface area (Å²) in [5.41, 5.74) is 4.14. The molecule has 74 valence electrons. The molecule has 0 saturated carbocycles. The average molecular weight is 206 g/mol. The Morgan fingerprint density at radius 2 is 2.07 bits per heavy atom. The van der Waals surface area contributed by atoms with E-state index in [1.54, 1.807) is 5.41 Å². The molecule has 0 spiro atoms. The molecule has 0 saturated heterocycles. The van der Waals surface area contributed by atoms with Crippen molar-refractivity contribution in [3.8, 4) is 0 Å². The third-order valence-corrected chi connectivity index (χ3v) is 2.99. The molecule has 14 heavy (non-hydrogen) atoms. The Morgan fingerprint density at radius 1 is 1.43 bits per heavy atom. The number of hydrogen-bond donors (Lipinski definition) is 0. The summed E-state index contributed by atoms with van der Waals surface area (Å²) in [5.74, 6) is 0. The van der Waals surface area contributed by atoms with Crippen LogP contribution in [-0.4, -0.2) is 4.21 Å². The second-order valence-corrected chi connectivity index (χ2v) is 4.31. The molecule has 0 fully saturated rings. The fourth-order valence-electron chi connectivity index (χ4n) is 0.879. The van der Waals surface area contributed by atoms with Gasteiger partial charge in [0.05, 0.1) is 10.8 Å². The molecule has 0 heterocycles. The van der Waals surface area contributed by atoms with Gasteiger partial charge in [-0.25, -0.2) is 4.21 Å². The molecule has 1 rings (SSSR count). The fraction of sp³-hybridized carbons (Fsp3) is 0.250. The molecule has 1 unspecified atom stereocenters. The molecule has 2 heteroatoms. The Kier molecular flexibility index (Phi) is 4.37. The minimum absolute atomic E-state index is 0.823. The molecule has 1 atom stereocenters. The van der Waals surface area contributed by atoms with Crippen molar-refractivity contribution in [1.82, 2.24) is 0 Å². The third kappa shape index (κ3) is 3.33. The van der Waals surface area contributed by atoms with Crippen molar-refractivity contribution < 1.29 is 4.21 Å². The van der Waals surface area contributed by atoms with E-state index in [0.717, 1.165) is 16.9 Å². The molecule has 0 amide bonds. The number of benzene rings is 1. The van der Waals surface area contributed by atoms with Crippen LogP contribution in [0, 0.1) is 0 Å². The summed E-state index contributed by atoms with van der Waals surface area (Å²) in [4.78, 5) is 0.823. The molecule has 0 aliphatic carbocycles. The Balaban J connectivity index is 2.84. The van der Waals surface area contributed by atoms with E-state index in [4.69, 9.17) is 0 Å². The van der Waals surface area contributed by atoms with Gasteiger partial charge in [-0.05, 0) is 31.1 Å². The molecule has 1 aromatic carbocycles. The lowest BCUT2D eigenvalue weighted by Crippen LogP contribution is -1.83. The van der Waals surface area contributed by atoms with Gasteiger partial charge in [-0.1, -0.05) is 25.1 Å². The third-order valence-electron chi connectivity index (χ3n) is 1.92. The zero-order chi connectivity index (χ0) is 10.4. The van der Waals surface area contributed by atoms with Crippen LogP contribution >= 0.6 is 0 Å². The second-order valence-electron chi connectivity index (χ2n) is 3.01. The smallest absolute Gasteiger partial charge is 0.0854 e. The highest BCUT2D eigenvalue weighted by Gasteiger charge is 1.95. The molecular weight excluding hydrogens is 192 g/mol. The van der Waals surface area contributed by atoms with E-state index in [0.29, 0.717) is 0 Å². The van der Waals surface area contributed by atoms with Crippen LogP contribution in [0.1, 0.15) is 20.3 Å². The first-order valence-corrected chi connectivity index (χ1v) is 5.83. The van der Waals surface area contributed by atoms with Gasteiger partial charge in [0, 0.05) is 10.3 Å². The van der Waals surface area contributed by atoms with Gasteiger partial charge in [0.25, 0.3) is 0 Å². The fourth-order valence-corrected chi connectivity index (χ4v) is 1.75. The van der Waals surface area contributed by atoms with Gasteiger partial charge in [-0.2, -0.15) is 0 Å². The SMILES string of the molecule is CCC(C)=C=CS(=O)c1ccccc1. The molecule has 0 N–H and O–H groups in total. The van der Waals surface area contributed by atoms with Crippen LogP contribution in [0.3, 0.4) is 0 Å². The molecule has 1 nitrogen and oxygen atoms in total. The van der Waals surface area contributed by atoms with E-state index in [-0.39, 0.29) is 0 Å². The summed E-state index contributed by atoms with van der Waals surface area (Å²) in [5, 5.41) is 1.62. The summed E-state index contributed by atoms with van der Waals surface area (Å²) in [6.07, 6.45) is 0.947. The largest absolute Gasteiger partial charge is 0.249 e. The first kappa shape index (κ1) is 11.0. The predicted octanol–water partition coefficient (Wildman–Crippen LogP) is 3.26. The van der Waals surface area contributed by atoms with Crippen LogP contribution < -0.4 is 0 Å². The van der Waals surface area contributed by atoms with Crippen molar-refractivity contribution in [3.63, 3.8) is 0 Å². The first-order valence-electron chi connectivity index (χ1n) is 4.62. The van der Waals surface area contributed by atoms with Crippen molar-refractivity contribution in [1.29, 1.82) is 0 Å². The van der Waals surface area contributed by atoms with Gasteiger partial charge < -0.3 is 0 Å². The second kappa shape index (κ2) is 5.58. The van der Waals surface area contributed by atoms with Crippen LogP contribution in [-0.2, 0) is 10.8 Å². The van der Waals surface area contributed by atoms with Crippen molar-refractivity contribution >= 4 is 10.8 Å². The number of hydrogen-bond acceptors (Lipinski definition) is 1. The highest BCUT2D eigenvalue weighted by atomic mass is 32.2. The van der Waals surface area contributed by atoms with E-state index in [2.05, 4.69) is 12.7 Å². The maximum Gasteiger partial charge on any atom is 0.0854 e. The van der Waals surface area contributed by atoms with Crippen LogP contribution in [0.25, 0.3) is 0 Å². The van der Waals surface area contributed by atoms with Crippen molar-refractivity contribution in [2.24, 2.45) is 0 Å². The quantitative estimate of drug-likeness (QED) is 0.694. The molecule has 0 bridgehead atoms. The Bertz CT molecular complexity index is 373. The summed E-state index contributed by atoms with van der Waals surface area (Å²) >= 11 is 0. The standard InChI is InChI=1S/C12H14OS/c1-3-11(2)9-10-14(13)12-7-5-4-6-8-12/h4-8,10H,3H2,1-2H3.